The van der Waals surface area contributed by atoms with Crippen molar-refractivity contribution in [3.63, 3.8) is 0 Å². The van der Waals surface area contributed by atoms with E-state index >= 15 is 0 Å². The molecule has 0 saturated heterocycles. The van der Waals surface area contributed by atoms with E-state index < -0.39 is 15.8 Å². The number of hydrogen-bond acceptors (Lipinski definition) is 6. The summed E-state index contributed by atoms with van der Waals surface area (Å²) < 4.78 is 37.2. The van der Waals surface area contributed by atoms with E-state index in [-0.39, 0.29) is 16.2 Å². The normalized spacial score (nSPS) is 11.2. The van der Waals surface area contributed by atoms with Gasteiger partial charge in [0.05, 0.1) is 7.11 Å². The van der Waals surface area contributed by atoms with Gasteiger partial charge in [0.15, 0.2) is 15.6 Å². The molecule has 0 atom stereocenters. The van der Waals surface area contributed by atoms with Crippen LogP contribution in [0.3, 0.4) is 0 Å². The van der Waals surface area contributed by atoms with Gasteiger partial charge in [-0.2, -0.15) is 0 Å². The minimum absolute atomic E-state index is 0.0305. The molecule has 0 N–H and O–H groups in total. The standard InChI is InChI=1S/C25H22N2O5S/c1-31-25(28)21-9-6-10-22(33(2,29)30)23(21)32-20-13-11-19(12-14-20)24-26-15-16-27(24)17-18-7-4-3-5-8-18/h3-16H,17H2,1-2H3. The summed E-state index contributed by atoms with van der Waals surface area (Å²) in [4.78, 5) is 16.6. The van der Waals surface area contributed by atoms with Crippen LogP contribution in [0.4, 0.5) is 0 Å². The number of esters is 1. The number of para-hydroxylation sites is 1. The first-order chi connectivity index (χ1) is 15.9. The van der Waals surface area contributed by atoms with E-state index in [9.17, 15) is 13.2 Å². The summed E-state index contributed by atoms with van der Waals surface area (Å²) in [5.74, 6) is 0.415. The molecule has 4 rings (SSSR count). The Morgan fingerprint density at radius 3 is 2.36 bits per heavy atom. The molecule has 1 heterocycles. The van der Waals surface area contributed by atoms with Crippen molar-refractivity contribution in [1.29, 1.82) is 0 Å². The minimum atomic E-state index is -3.64. The Kier molecular flexibility index (Phi) is 6.28. The van der Waals surface area contributed by atoms with E-state index in [1.807, 2.05) is 41.1 Å². The fraction of sp³-hybridized carbons (Fsp3) is 0.120. The smallest absolute Gasteiger partial charge is 0.341 e. The first-order valence-corrected chi connectivity index (χ1v) is 12.0. The molecular formula is C25H22N2O5S. The largest absolute Gasteiger partial charge is 0.465 e. The van der Waals surface area contributed by atoms with Crippen molar-refractivity contribution in [2.24, 2.45) is 0 Å². The Labute approximate surface area is 192 Å². The van der Waals surface area contributed by atoms with Gasteiger partial charge in [-0.15, -0.1) is 0 Å². The molecule has 3 aromatic carbocycles. The molecule has 0 aliphatic rings. The first-order valence-electron chi connectivity index (χ1n) is 10.1. The van der Waals surface area contributed by atoms with Gasteiger partial charge in [0.2, 0.25) is 0 Å². The lowest BCUT2D eigenvalue weighted by atomic mass is 10.1. The van der Waals surface area contributed by atoms with Crippen LogP contribution in [-0.4, -0.2) is 37.3 Å². The summed E-state index contributed by atoms with van der Waals surface area (Å²) in [7, 11) is -2.42. The van der Waals surface area contributed by atoms with Gasteiger partial charge in [-0.05, 0) is 42.0 Å². The van der Waals surface area contributed by atoms with Crippen molar-refractivity contribution in [3.05, 3.63) is 96.3 Å². The zero-order chi connectivity index (χ0) is 23.4. The summed E-state index contributed by atoms with van der Waals surface area (Å²) in [6.07, 6.45) is 4.72. The Morgan fingerprint density at radius 1 is 0.970 bits per heavy atom. The van der Waals surface area contributed by atoms with Crippen molar-refractivity contribution in [2.75, 3.05) is 13.4 Å². The van der Waals surface area contributed by atoms with Crippen molar-refractivity contribution >= 4 is 15.8 Å². The Hall–Kier alpha value is -3.91. The second-order valence-corrected chi connectivity index (χ2v) is 9.37. The number of nitrogens with zero attached hydrogens (tertiary/aromatic N) is 2. The highest BCUT2D eigenvalue weighted by molar-refractivity contribution is 7.90. The lowest BCUT2D eigenvalue weighted by molar-refractivity contribution is 0.0597. The van der Waals surface area contributed by atoms with Crippen LogP contribution < -0.4 is 4.74 Å². The zero-order valence-electron chi connectivity index (χ0n) is 18.1. The third-order valence-corrected chi connectivity index (χ3v) is 6.15. The quantitative estimate of drug-likeness (QED) is 0.374. The van der Waals surface area contributed by atoms with E-state index in [1.165, 1.54) is 25.3 Å². The number of aromatic nitrogens is 2. The van der Waals surface area contributed by atoms with Gasteiger partial charge in [-0.25, -0.2) is 18.2 Å². The average molecular weight is 463 g/mol. The predicted octanol–water partition coefficient (Wildman–Crippen LogP) is 4.58. The third kappa shape index (κ3) is 4.96. The molecule has 0 radical (unpaired) electrons. The number of carbonyl (C=O) groups is 1. The molecule has 8 heteroatoms. The number of imidazole rings is 1. The van der Waals surface area contributed by atoms with Crippen molar-refractivity contribution in [2.45, 2.75) is 11.4 Å². The highest BCUT2D eigenvalue weighted by Crippen LogP contribution is 2.34. The molecule has 1 aromatic heterocycles. The monoisotopic (exact) mass is 462 g/mol. The van der Waals surface area contributed by atoms with Crippen LogP contribution in [0, 0.1) is 0 Å². The van der Waals surface area contributed by atoms with Gasteiger partial charge in [-0.1, -0.05) is 36.4 Å². The summed E-state index contributed by atoms with van der Waals surface area (Å²) >= 11 is 0. The number of benzene rings is 3. The molecule has 0 aliphatic heterocycles. The SMILES string of the molecule is COC(=O)c1cccc(S(C)(=O)=O)c1Oc1ccc(-c2nccn2Cc2ccccc2)cc1. The van der Waals surface area contributed by atoms with Gasteiger partial charge >= 0.3 is 5.97 Å². The summed E-state index contributed by atoms with van der Waals surface area (Å²) in [5.41, 5.74) is 2.06. The highest BCUT2D eigenvalue weighted by atomic mass is 32.2. The van der Waals surface area contributed by atoms with Crippen LogP contribution >= 0.6 is 0 Å². The zero-order valence-corrected chi connectivity index (χ0v) is 19.0. The van der Waals surface area contributed by atoms with Crippen LogP contribution in [0.1, 0.15) is 15.9 Å². The predicted molar refractivity (Wildman–Crippen MR) is 124 cm³/mol. The van der Waals surface area contributed by atoms with Crippen LogP contribution in [0.25, 0.3) is 11.4 Å². The molecule has 0 fully saturated rings. The topological polar surface area (TPSA) is 87.5 Å². The molecule has 4 aromatic rings. The van der Waals surface area contributed by atoms with Crippen LogP contribution in [0.15, 0.2) is 90.1 Å². The lowest BCUT2D eigenvalue weighted by Gasteiger charge is -2.14. The fourth-order valence-electron chi connectivity index (χ4n) is 3.45. The molecule has 33 heavy (non-hydrogen) atoms. The molecular weight excluding hydrogens is 440 g/mol. The first kappa shape index (κ1) is 22.3. The van der Waals surface area contributed by atoms with Crippen molar-refractivity contribution in [1.82, 2.24) is 9.55 Å². The molecule has 0 saturated carbocycles. The van der Waals surface area contributed by atoms with E-state index in [2.05, 4.69) is 17.1 Å². The molecule has 0 spiro atoms. The third-order valence-electron chi connectivity index (χ3n) is 5.03. The maximum absolute atomic E-state index is 12.3. The number of carbonyl (C=O) groups excluding carboxylic acids is 1. The lowest BCUT2D eigenvalue weighted by Crippen LogP contribution is -2.08. The number of ether oxygens (including phenoxy) is 2. The molecule has 0 bridgehead atoms. The highest BCUT2D eigenvalue weighted by Gasteiger charge is 2.23. The van der Waals surface area contributed by atoms with Gasteiger partial charge in [-0.3, -0.25) is 0 Å². The number of methoxy groups -OCH3 is 1. The minimum Gasteiger partial charge on any atom is -0.465 e. The second-order valence-electron chi connectivity index (χ2n) is 7.39. The van der Waals surface area contributed by atoms with Gasteiger partial charge in [0.1, 0.15) is 22.0 Å². The number of hydrogen-bond donors (Lipinski definition) is 0. The van der Waals surface area contributed by atoms with Crippen LogP contribution in [0.5, 0.6) is 11.5 Å². The maximum Gasteiger partial charge on any atom is 0.341 e. The molecule has 0 aliphatic carbocycles. The van der Waals surface area contributed by atoms with Gasteiger partial charge < -0.3 is 14.0 Å². The fourth-order valence-corrected chi connectivity index (χ4v) is 4.27. The molecule has 7 nitrogen and oxygen atoms in total. The summed E-state index contributed by atoms with van der Waals surface area (Å²) in [5, 5.41) is 0. The Morgan fingerprint density at radius 2 is 1.70 bits per heavy atom. The Bertz CT molecular complexity index is 1380. The number of rotatable bonds is 7. The Balaban J connectivity index is 1.64. The van der Waals surface area contributed by atoms with Gasteiger partial charge in [0.25, 0.3) is 0 Å². The average Bonchev–Trinajstić information content (AvgIpc) is 3.27. The second kappa shape index (κ2) is 9.30. The van der Waals surface area contributed by atoms with E-state index in [4.69, 9.17) is 9.47 Å². The summed E-state index contributed by atoms with van der Waals surface area (Å²) in [6.45, 7) is 0.679. The van der Waals surface area contributed by atoms with E-state index in [1.54, 1.807) is 18.3 Å². The van der Waals surface area contributed by atoms with Crippen LogP contribution in [-0.2, 0) is 21.1 Å². The van der Waals surface area contributed by atoms with Gasteiger partial charge in [0, 0.05) is 30.8 Å². The molecule has 0 unspecified atom stereocenters. The van der Waals surface area contributed by atoms with Crippen molar-refractivity contribution < 1.29 is 22.7 Å². The van der Waals surface area contributed by atoms with E-state index in [0.29, 0.717) is 12.3 Å². The van der Waals surface area contributed by atoms with E-state index in [0.717, 1.165) is 23.2 Å². The van der Waals surface area contributed by atoms with Crippen molar-refractivity contribution in [3.8, 4) is 22.9 Å². The summed E-state index contributed by atoms with van der Waals surface area (Å²) in [6, 6.07) is 21.5. The number of sulfone groups is 1. The maximum atomic E-state index is 12.3. The van der Waals surface area contributed by atoms with Crippen LogP contribution in [0.2, 0.25) is 0 Å². The molecule has 0 amide bonds. The molecule has 168 valence electrons.